The number of rotatable bonds is 5. The minimum atomic E-state index is -0.362. The average molecular weight is 500 g/mol. The van der Waals surface area contributed by atoms with E-state index in [1.54, 1.807) is 11.3 Å². The van der Waals surface area contributed by atoms with Gasteiger partial charge < -0.3 is 9.80 Å². The molecule has 1 aliphatic carbocycles. The first-order valence-electron chi connectivity index (χ1n) is 13.2. The molecule has 3 aromatic rings. The summed E-state index contributed by atoms with van der Waals surface area (Å²) in [6.45, 7) is 4.09. The van der Waals surface area contributed by atoms with Crippen LogP contribution in [0.25, 0.3) is 0 Å². The third-order valence-electron chi connectivity index (χ3n) is 8.13. The summed E-state index contributed by atoms with van der Waals surface area (Å²) in [5, 5.41) is 2.07. The minimum Gasteiger partial charge on any atom is -0.340 e. The summed E-state index contributed by atoms with van der Waals surface area (Å²) in [6, 6.07) is 22.5. The lowest BCUT2D eigenvalue weighted by Gasteiger charge is -2.46. The van der Waals surface area contributed by atoms with Crippen molar-refractivity contribution in [2.45, 2.75) is 50.2 Å². The highest BCUT2D eigenvalue weighted by molar-refractivity contribution is 7.10. The minimum absolute atomic E-state index is 0.0904. The highest BCUT2D eigenvalue weighted by Crippen LogP contribution is 2.47. The number of nitrogens with zero attached hydrogens (tertiary/aromatic N) is 3. The second-order valence-corrected chi connectivity index (χ2v) is 11.2. The van der Waals surface area contributed by atoms with E-state index in [4.69, 9.17) is 0 Å². The van der Waals surface area contributed by atoms with Crippen LogP contribution in [0.15, 0.2) is 72.1 Å². The van der Waals surface area contributed by atoms with Gasteiger partial charge in [-0.15, -0.1) is 11.3 Å². The van der Waals surface area contributed by atoms with Gasteiger partial charge in [0.2, 0.25) is 5.91 Å². The van der Waals surface area contributed by atoms with E-state index < -0.39 is 0 Å². The van der Waals surface area contributed by atoms with Crippen LogP contribution in [0.5, 0.6) is 0 Å². The molecule has 0 spiro atoms. The van der Waals surface area contributed by atoms with Crippen molar-refractivity contribution in [2.75, 3.05) is 26.2 Å². The molecule has 0 bridgehead atoms. The molecule has 2 aliphatic heterocycles. The molecule has 1 aromatic heterocycles. The van der Waals surface area contributed by atoms with Gasteiger partial charge in [0.05, 0.1) is 12.0 Å². The Morgan fingerprint density at radius 3 is 2.31 bits per heavy atom. The molecule has 6 heteroatoms. The molecule has 2 aromatic carbocycles. The second kappa shape index (κ2) is 10.2. The van der Waals surface area contributed by atoms with Gasteiger partial charge in [0.15, 0.2) is 0 Å². The zero-order valence-corrected chi connectivity index (χ0v) is 21.4. The number of hydrogen-bond donors (Lipinski definition) is 0. The Bertz CT molecular complexity index is 1200. The van der Waals surface area contributed by atoms with Crippen molar-refractivity contribution >= 4 is 23.2 Å². The van der Waals surface area contributed by atoms with E-state index in [2.05, 4.69) is 45.5 Å². The Balaban J connectivity index is 1.30. The molecule has 1 saturated carbocycles. The van der Waals surface area contributed by atoms with Gasteiger partial charge in [-0.3, -0.25) is 14.5 Å². The summed E-state index contributed by atoms with van der Waals surface area (Å²) in [6.07, 6.45) is 4.34. The van der Waals surface area contributed by atoms with Crippen molar-refractivity contribution < 1.29 is 9.59 Å². The van der Waals surface area contributed by atoms with Gasteiger partial charge in [-0.2, -0.15) is 0 Å². The molecular weight excluding hydrogens is 466 g/mol. The van der Waals surface area contributed by atoms with Gasteiger partial charge >= 0.3 is 0 Å². The van der Waals surface area contributed by atoms with Crippen LogP contribution in [0.3, 0.4) is 0 Å². The van der Waals surface area contributed by atoms with Crippen LogP contribution in [0.4, 0.5) is 0 Å². The third kappa shape index (κ3) is 4.37. The van der Waals surface area contributed by atoms with Crippen LogP contribution in [-0.4, -0.2) is 58.7 Å². The molecule has 3 aliphatic rings. The van der Waals surface area contributed by atoms with Gasteiger partial charge in [0.25, 0.3) is 5.91 Å². The molecule has 2 atom stereocenters. The van der Waals surface area contributed by atoms with Crippen molar-refractivity contribution in [2.24, 2.45) is 0 Å². The molecule has 0 N–H and O–H groups in total. The summed E-state index contributed by atoms with van der Waals surface area (Å²) in [5.41, 5.74) is 2.91. The Morgan fingerprint density at radius 2 is 1.58 bits per heavy atom. The average Bonchev–Trinajstić information content (AvgIpc) is 3.64. The molecule has 0 radical (unpaired) electrons. The van der Waals surface area contributed by atoms with E-state index in [0.717, 1.165) is 68.8 Å². The van der Waals surface area contributed by atoms with Crippen LogP contribution in [0.1, 0.15) is 64.0 Å². The summed E-state index contributed by atoms with van der Waals surface area (Å²) < 4.78 is 0. The van der Waals surface area contributed by atoms with Crippen molar-refractivity contribution in [3.05, 3.63) is 93.7 Å². The van der Waals surface area contributed by atoms with E-state index in [0.29, 0.717) is 5.56 Å². The smallest absolute Gasteiger partial charge is 0.254 e. The Hall–Kier alpha value is -2.96. The first-order chi connectivity index (χ1) is 17.7. The van der Waals surface area contributed by atoms with Crippen LogP contribution >= 0.6 is 11.3 Å². The van der Waals surface area contributed by atoms with Crippen molar-refractivity contribution in [1.82, 2.24) is 14.7 Å². The molecule has 2 unspecified atom stereocenters. The van der Waals surface area contributed by atoms with Crippen molar-refractivity contribution in [3.8, 4) is 0 Å². The Morgan fingerprint density at radius 1 is 0.861 bits per heavy atom. The van der Waals surface area contributed by atoms with Gasteiger partial charge in [0, 0.05) is 49.2 Å². The maximum absolute atomic E-state index is 14.3. The SMILES string of the molecule is O=C(C1c2ccccc2C(=O)N(C2CCCC2)C1c1cccs1)N1CCN(Cc2ccccc2)CC1. The lowest BCUT2D eigenvalue weighted by molar-refractivity contribution is -0.136. The van der Waals surface area contributed by atoms with E-state index >= 15 is 0 Å². The number of amides is 2. The van der Waals surface area contributed by atoms with Gasteiger partial charge in [0.1, 0.15) is 0 Å². The largest absolute Gasteiger partial charge is 0.340 e. The van der Waals surface area contributed by atoms with Crippen molar-refractivity contribution in [3.63, 3.8) is 0 Å². The molecule has 5 nitrogen and oxygen atoms in total. The molecule has 3 heterocycles. The quantitative estimate of drug-likeness (QED) is 0.478. The molecule has 1 saturated heterocycles. The standard InChI is InChI=1S/C30H33N3O2S/c34-29-25-14-7-6-13-24(25)27(28(26-15-8-20-36-26)33(29)23-11-4-5-12-23)30(35)32-18-16-31(17-19-32)21-22-9-2-1-3-10-22/h1-3,6-10,13-15,20,23,27-28H,4-5,11-12,16-19,21H2. The van der Waals surface area contributed by atoms with E-state index in [-0.39, 0.29) is 29.8 Å². The van der Waals surface area contributed by atoms with Gasteiger partial charge in [-0.25, -0.2) is 0 Å². The van der Waals surface area contributed by atoms with Crippen LogP contribution in [-0.2, 0) is 11.3 Å². The summed E-state index contributed by atoms with van der Waals surface area (Å²) in [7, 11) is 0. The number of carbonyl (C=O) groups excluding carboxylic acids is 2. The highest BCUT2D eigenvalue weighted by atomic mass is 32.1. The van der Waals surface area contributed by atoms with E-state index in [9.17, 15) is 9.59 Å². The Kier molecular flexibility index (Phi) is 6.63. The second-order valence-electron chi connectivity index (χ2n) is 10.3. The highest BCUT2D eigenvalue weighted by Gasteiger charge is 2.48. The van der Waals surface area contributed by atoms with E-state index in [1.165, 1.54) is 5.56 Å². The number of thiophene rings is 1. The lowest BCUT2D eigenvalue weighted by Crippen LogP contribution is -2.54. The molecule has 36 heavy (non-hydrogen) atoms. The third-order valence-corrected chi connectivity index (χ3v) is 9.07. The fourth-order valence-electron chi connectivity index (χ4n) is 6.33. The molecule has 2 fully saturated rings. The summed E-state index contributed by atoms with van der Waals surface area (Å²) in [4.78, 5) is 35.9. The number of hydrogen-bond acceptors (Lipinski definition) is 4. The van der Waals surface area contributed by atoms with Crippen LogP contribution in [0.2, 0.25) is 0 Å². The van der Waals surface area contributed by atoms with Crippen LogP contribution < -0.4 is 0 Å². The summed E-state index contributed by atoms with van der Waals surface area (Å²) in [5.74, 6) is -0.109. The lowest BCUT2D eigenvalue weighted by atomic mass is 9.80. The fourth-order valence-corrected chi connectivity index (χ4v) is 7.19. The first-order valence-corrected chi connectivity index (χ1v) is 14.1. The molecule has 6 rings (SSSR count). The zero-order chi connectivity index (χ0) is 24.5. The number of benzene rings is 2. The predicted molar refractivity (Wildman–Crippen MR) is 143 cm³/mol. The maximum atomic E-state index is 14.3. The zero-order valence-electron chi connectivity index (χ0n) is 20.6. The number of fused-ring (bicyclic) bond motifs is 1. The molecule has 2 amide bonds. The van der Waals surface area contributed by atoms with Gasteiger partial charge in [-0.05, 0) is 41.5 Å². The Labute approximate surface area is 217 Å². The first kappa shape index (κ1) is 23.4. The summed E-state index contributed by atoms with van der Waals surface area (Å²) >= 11 is 1.67. The van der Waals surface area contributed by atoms with Crippen LogP contribution in [0, 0.1) is 0 Å². The molecule has 186 valence electrons. The maximum Gasteiger partial charge on any atom is 0.254 e. The number of carbonyl (C=O) groups is 2. The number of piperazine rings is 1. The van der Waals surface area contributed by atoms with E-state index in [1.807, 2.05) is 41.3 Å². The fraction of sp³-hybridized carbons (Fsp3) is 0.400. The monoisotopic (exact) mass is 499 g/mol. The normalized spacial score (nSPS) is 23.2. The van der Waals surface area contributed by atoms with Gasteiger partial charge in [-0.1, -0.05) is 67.4 Å². The topological polar surface area (TPSA) is 43.9 Å². The predicted octanol–water partition coefficient (Wildman–Crippen LogP) is 5.32. The molecular formula is C30H33N3O2S. The van der Waals surface area contributed by atoms with Crippen molar-refractivity contribution in [1.29, 1.82) is 0 Å².